The molecule has 1 saturated heterocycles. The highest BCUT2D eigenvalue weighted by Crippen LogP contribution is 2.46. The summed E-state index contributed by atoms with van der Waals surface area (Å²) >= 11 is 0. The molecule has 1 amide bonds. The second-order valence-corrected chi connectivity index (χ2v) is 11.3. The van der Waals surface area contributed by atoms with E-state index in [1.165, 1.54) is 35.2 Å². The zero-order valence-corrected chi connectivity index (χ0v) is 20.8. The number of phenolic OH excluding ortho intramolecular Hbond substituents is 2. The number of aliphatic hydroxyl groups excluding tert-OH is 1. The number of β-lactam (4-membered cyclic amide) rings is 1. The van der Waals surface area contributed by atoms with Gasteiger partial charge in [-0.05, 0) is 59.2 Å². The molecule has 3 N–H and O–H groups in total. The summed E-state index contributed by atoms with van der Waals surface area (Å²) in [4.78, 5) is 14.6. The summed E-state index contributed by atoms with van der Waals surface area (Å²) in [5.41, 5.74) is 2.12. The van der Waals surface area contributed by atoms with Crippen LogP contribution in [0.4, 0.5) is 10.1 Å². The van der Waals surface area contributed by atoms with Crippen LogP contribution in [0.5, 0.6) is 11.5 Å². The lowest BCUT2D eigenvalue weighted by molar-refractivity contribution is -0.123. The molecule has 4 aromatic carbocycles. The Labute approximate surface area is 219 Å². The summed E-state index contributed by atoms with van der Waals surface area (Å²) in [6, 6.07) is 23.4. The fourth-order valence-electron chi connectivity index (χ4n) is 4.75. The number of carbonyl (C=O) groups is 1. The Bertz CT molecular complexity index is 1590. The molecule has 0 radical (unpaired) electrons. The van der Waals surface area contributed by atoms with Crippen LogP contribution in [0.25, 0.3) is 11.1 Å². The number of aromatic hydroxyl groups is 2. The van der Waals surface area contributed by atoms with Gasteiger partial charge in [-0.2, -0.15) is 0 Å². The summed E-state index contributed by atoms with van der Waals surface area (Å²) in [5.74, 6) is -2.12. The monoisotopic (exact) mass is 533 g/mol. The lowest BCUT2D eigenvalue weighted by Crippen LogP contribution is -2.62. The molecule has 38 heavy (non-hydrogen) atoms. The molecule has 0 bridgehead atoms. The topological polar surface area (TPSA) is 115 Å². The first kappa shape index (κ1) is 25.4. The second kappa shape index (κ2) is 9.92. The molecule has 0 aliphatic carbocycles. The molecule has 1 heterocycles. The van der Waals surface area contributed by atoms with Crippen LogP contribution < -0.4 is 4.90 Å². The number of hydrogen-bond acceptors (Lipinski definition) is 6. The van der Waals surface area contributed by atoms with Gasteiger partial charge in [-0.25, -0.2) is 12.8 Å². The molecule has 0 spiro atoms. The van der Waals surface area contributed by atoms with E-state index in [0.717, 1.165) is 12.1 Å². The zero-order valence-electron chi connectivity index (χ0n) is 20.0. The summed E-state index contributed by atoms with van der Waals surface area (Å²) in [6.07, 6.45) is -1.47. The highest BCUT2D eigenvalue weighted by atomic mass is 32.2. The van der Waals surface area contributed by atoms with Crippen molar-refractivity contribution < 1.29 is 32.9 Å². The number of nitrogens with zero attached hydrogens (tertiary/aromatic N) is 1. The predicted molar refractivity (Wildman–Crippen MR) is 141 cm³/mol. The van der Waals surface area contributed by atoms with E-state index in [1.807, 2.05) is 0 Å². The van der Waals surface area contributed by atoms with Crippen molar-refractivity contribution >= 4 is 21.4 Å². The van der Waals surface area contributed by atoms with Crippen LogP contribution in [-0.2, 0) is 14.6 Å². The van der Waals surface area contributed by atoms with Gasteiger partial charge in [0.25, 0.3) is 0 Å². The Hall–Kier alpha value is -4.21. The van der Waals surface area contributed by atoms with E-state index in [1.54, 1.807) is 54.6 Å². The molecule has 4 aromatic rings. The standard InChI is InChI=1S/C29H24FNO6S/c30-21-12-9-18(10-13-21)26(34)17-38(36,37)28-27(31(29(28)35)22-6-2-1-3-7-22)24-14-11-20(16-25(24)33)19-5-4-8-23(32)15-19/h1-16,26-28,32-34H,17H2. The third-order valence-corrected chi connectivity index (χ3v) is 8.65. The van der Waals surface area contributed by atoms with Gasteiger partial charge in [-0.3, -0.25) is 4.79 Å². The minimum atomic E-state index is -4.23. The Morgan fingerprint density at radius 2 is 1.53 bits per heavy atom. The first-order valence-corrected chi connectivity index (χ1v) is 13.5. The molecule has 7 nitrogen and oxygen atoms in total. The molecule has 0 saturated carbocycles. The van der Waals surface area contributed by atoms with Crippen LogP contribution in [0.3, 0.4) is 0 Å². The summed E-state index contributed by atoms with van der Waals surface area (Å²) in [7, 11) is -4.23. The maximum atomic E-state index is 13.5. The maximum Gasteiger partial charge on any atom is 0.248 e. The van der Waals surface area contributed by atoms with Crippen molar-refractivity contribution in [1.82, 2.24) is 0 Å². The third-order valence-electron chi connectivity index (χ3n) is 6.64. The number of anilines is 1. The highest BCUT2D eigenvalue weighted by molar-refractivity contribution is 7.93. The molecular weight excluding hydrogens is 509 g/mol. The summed E-state index contributed by atoms with van der Waals surface area (Å²) in [6.45, 7) is 0. The largest absolute Gasteiger partial charge is 0.508 e. The Morgan fingerprint density at radius 3 is 2.18 bits per heavy atom. The number of benzene rings is 4. The van der Waals surface area contributed by atoms with Gasteiger partial charge < -0.3 is 20.2 Å². The first-order chi connectivity index (χ1) is 18.2. The van der Waals surface area contributed by atoms with Crippen molar-refractivity contribution in [3.63, 3.8) is 0 Å². The van der Waals surface area contributed by atoms with E-state index in [2.05, 4.69) is 0 Å². The fraction of sp³-hybridized carbons (Fsp3) is 0.138. The van der Waals surface area contributed by atoms with Crippen LogP contribution in [0, 0.1) is 5.82 Å². The summed E-state index contributed by atoms with van der Waals surface area (Å²) in [5, 5.41) is 29.8. The van der Waals surface area contributed by atoms with Gasteiger partial charge >= 0.3 is 0 Å². The number of phenols is 2. The van der Waals surface area contributed by atoms with Gasteiger partial charge in [0.05, 0.1) is 17.9 Å². The van der Waals surface area contributed by atoms with Crippen LogP contribution in [0.1, 0.15) is 23.3 Å². The molecule has 9 heteroatoms. The Morgan fingerprint density at radius 1 is 0.842 bits per heavy atom. The van der Waals surface area contributed by atoms with Gasteiger partial charge in [0.1, 0.15) is 17.3 Å². The predicted octanol–water partition coefficient (Wildman–Crippen LogP) is 4.51. The van der Waals surface area contributed by atoms with Crippen LogP contribution in [0.2, 0.25) is 0 Å². The van der Waals surface area contributed by atoms with Gasteiger partial charge in [-0.1, -0.05) is 54.6 Å². The molecule has 5 rings (SSSR count). The number of para-hydroxylation sites is 1. The molecule has 194 valence electrons. The molecule has 3 atom stereocenters. The number of amides is 1. The number of carbonyl (C=O) groups excluding carboxylic acids is 1. The number of rotatable bonds is 7. The number of halogens is 1. The second-order valence-electron chi connectivity index (χ2n) is 9.13. The Balaban J connectivity index is 1.52. The quantitative estimate of drug-likeness (QED) is 0.301. The Kier molecular flexibility index (Phi) is 6.64. The molecule has 3 unspecified atom stereocenters. The zero-order chi connectivity index (χ0) is 27.0. The lowest BCUT2D eigenvalue weighted by atomic mass is 9.90. The van der Waals surface area contributed by atoms with Crippen LogP contribution >= 0.6 is 0 Å². The fourth-order valence-corrected chi connectivity index (χ4v) is 6.68. The van der Waals surface area contributed by atoms with Crippen LogP contribution in [-0.4, -0.2) is 40.6 Å². The van der Waals surface area contributed by atoms with Gasteiger partial charge in [0, 0.05) is 11.3 Å². The van der Waals surface area contributed by atoms with Crippen molar-refractivity contribution in [2.75, 3.05) is 10.7 Å². The minimum Gasteiger partial charge on any atom is -0.508 e. The lowest BCUT2D eigenvalue weighted by Gasteiger charge is -2.47. The van der Waals surface area contributed by atoms with E-state index >= 15 is 0 Å². The highest BCUT2D eigenvalue weighted by Gasteiger charge is 2.56. The van der Waals surface area contributed by atoms with Crippen molar-refractivity contribution in [1.29, 1.82) is 0 Å². The number of sulfone groups is 1. The smallest absolute Gasteiger partial charge is 0.248 e. The first-order valence-electron chi connectivity index (χ1n) is 11.8. The third kappa shape index (κ3) is 4.73. The van der Waals surface area contributed by atoms with Gasteiger partial charge in [0.15, 0.2) is 15.1 Å². The molecule has 1 aliphatic heterocycles. The SMILES string of the molecule is O=C1C(S(=O)(=O)CC(O)c2ccc(F)cc2)C(c2ccc(-c3cccc(O)c3)cc2O)N1c1ccccc1. The number of aliphatic hydroxyl groups is 1. The molecule has 1 aliphatic rings. The van der Waals surface area contributed by atoms with E-state index < -0.39 is 44.7 Å². The average molecular weight is 534 g/mol. The van der Waals surface area contributed by atoms with Gasteiger partial charge in [-0.15, -0.1) is 0 Å². The normalized spacial score (nSPS) is 18.2. The van der Waals surface area contributed by atoms with E-state index in [0.29, 0.717) is 16.8 Å². The molecule has 1 fully saturated rings. The van der Waals surface area contributed by atoms with E-state index in [4.69, 9.17) is 0 Å². The number of hydrogen-bond donors (Lipinski definition) is 3. The van der Waals surface area contributed by atoms with Crippen molar-refractivity contribution in [2.24, 2.45) is 0 Å². The van der Waals surface area contributed by atoms with Crippen molar-refractivity contribution in [3.05, 3.63) is 114 Å². The molecular formula is C29H24FNO6S. The van der Waals surface area contributed by atoms with Crippen molar-refractivity contribution in [2.45, 2.75) is 17.4 Å². The summed E-state index contributed by atoms with van der Waals surface area (Å²) < 4.78 is 40.2. The van der Waals surface area contributed by atoms with Crippen molar-refractivity contribution in [3.8, 4) is 22.6 Å². The van der Waals surface area contributed by atoms with Gasteiger partial charge in [0.2, 0.25) is 5.91 Å². The minimum absolute atomic E-state index is 0.0526. The maximum absolute atomic E-state index is 13.5. The van der Waals surface area contributed by atoms with E-state index in [-0.39, 0.29) is 22.6 Å². The van der Waals surface area contributed by atoms with Crippen LogP contribution in [0.15, 0.2) is 97.1 Å². The molecule has 0 aromatic heterocycles. The average Bonchev–Trinajstić information content (AvgIpc) is 2.88. The van der Waals surface area contributed by atoms with E-state index in [9.17, 15) is 32.9 Å².